The normalized spacial score (nSPS) is 21.2. The molecule has 124 valence electrons. The van der Waals surface area contributed by atoms with Crippen LogP contribution in [0.2, 0.25) is 0 Å². The number of urea groups is 1. The predicted molar refractivity (Wildman–Crippen MR) is 85.3 cm³/mol. The Balaban J connectivity index is 1.78. The number of rotatable bonds is 1. The van der Waals surface area contributed by atoms with E-state index in [4.69, 9.17) is 0 Å². The minimum absolute atomic E-state index is 0.143. The molecule has 1 atom stereocenters. The molecule has 2 fully saturated rings. The first-order valence-corrected chi connectivity index (χ1v) is 8.13. The molecule has 0 radical (unpaired) electrons. The lowest BCUT2D eigenvalue weighted by Gasteiger charge is -2.32. The Hall–Kier alpha value is -2.55. The van der Waals surface area contributed by atoms with Crippen molar-refractivity contribution in [1.82, 2.24) is 14.8 Å². The van der Waals surface area contributed by atoms with Gasteiger partial charge in [-0.1, -0.05) is 0 Å². The fourth-order valence-electron chi connectivity index (χ4n) is 3.07. The molecule has 0 spiro atoms. The van der Waals surface area contributed by atoms with E-state index in [9.17, 15) is 18.8 Å². The van der Waals surface area contributed by atoms with Gasteiger partial charge in [-0.3, -0.25) is 9.59 Å². The zero-order valence-electron chi connectivity index (χ0n) is 12.9. The van der Waals surface area contributed by atoms with Crippen molar-refractivity contribution in [1.29, 1.82) is 0 Å². The summed E-state index contributed by atoms with van der Waals surface area (Å²) >= 11 is 1.29. The molecule has 9 heteroatoms. The molecule has 0 N–H and O–H groups in total. The summed E-state index contributed by atoms with van der Waals surface area (Å²) in [4.78, 5) is 44.7. The van der Waals surface area contributed by atoms with Crippen molar-refractivity contribution in [2.24, 2.45) is 0 Å². The van der Waals surface area contributed by atoms with Crippen LogP contribution in [-0.4, -0.2) is 58.8 Å². The predicted octanol–water partition coefficient (Wildman–Crippen LogP) is 1.35. The topological polar surface area (TPSA) is 73.8 Å². The summed E-state index contributed by atoms with van der Waals surface area (Å²) in [6.07, 6.45) is 0. The second-order valence-corrected chi connectivity index (χ2v) is 7.12. The average Bonchev–Trinajstić information content (AvgIpc) is 3.00. The summed E-state index contributed by atoms with van der Waals surface area (Å²) in [6.45, 7) is 1.76. The fourth-order valence-corrected chi connectivity index (χ4v) is 3.95. The van der Waals surface area contributed by atoms with E-state index in [0.717, 1.165) is 11.0 Å². The Kier molecular flexibility index (Phi) is 3.11. The molecule has 2 aromatic rings. The van der Waals surface area contributed by atoms with Crippen molar-refractivity contribution < 1.29 is 18.8 Å². The summed E-state index contributed by atoms with van der Waals surface area (Å²) in [6, 6.07) is 1.41. The van der Waals surface area contributed by atoms with E-state index in [1.54, 1.807) is 20.0 Å². The molecule has 2 aliphatic rings. The highest BCUT2D eigenvalue weighted by Gasteiger charge is 2.50. The molecular weight excluding hydrogens is 335 g/mol. The van der Waals surface area contributed by atoms with Crippen molar-refractivity contribution in [3.05, 3.63) is 23.0 Å². The van der Waals surface area contributed by atoms with Crippen LogP contribution in [0.5, 0.6) is 0 Å². The van der Waals surface area contributed by atoms with Crippen LogP contribution < -0.4 is 4.90 Å². The summed E-state index contributed by atoms with van der Waals surface area (Å²) < 4.78 is 14.9. The largest absolute Gasteiger partial charge is 0.342 e. The molecule has 24 heavy (non-hydrogen) atoms. The molecule has 1 aromatic carbocycles. The number of carbonyl (C=O) groups is 3. The number of hydrogen-bond donors (Lipinski definition) is 0. The molecule has 7 nitrogen and oxygen atoms in total. The quantitative estimate of drug-likeness (QED) is 0.729. The first-order chi connectivity index (χ1) is 11.4. The highest BCUT2D eigenvalue weighted by Crippen LogP contribution is 2.33. The SMILES string of the molecule is Cc1nc2c(F)cc(N3C(=O)C4CN(C)C(=O)CN4C3=O)cc2s1. The standard InChI is InChI=1S/C15H13FN4O3S/c1-7-17-13-9(16)3-8(4-11(13)24-7)20-14(22)10-5-18(2)12(21)6-19(10)15(20)23/h3-4,10H,5-6H2,1-2H3. The fraction of sp³-hybridized carbons (Fsp3) is 0.333. The number of imide groups is 1. The van der Waals surface area contributed by atoms with Crippen LogP contribution >= 0.6 is 11.3 Å². The lowest BCUT2D eigenvalue weighted by molar-refractivity contribution is -0.136. The maximum Gasteiger partial charge on any atom is 0.332 e. The number of aromatic nitrogens is 1. The first-order valence-electron chi connectivity index (χ1n) is 7.32. The smallest absolute Gasteiger partial charge is 0.332 e. The average molecular weight is 348 g/mol. The molecule has 1 aromatic heterocycles. The number of aryl methyl sites for hydroxylation is 1. The van der Waals surface area contributed by atoms with Crippen molar-refractivity contribution in [3.63, 3.8) is 0 Å². The highest BCUT2D eigenvalue weighted by molar-refractivity contribution is 7.18. The third-order valence-electron chi connectivity index (χ3n) is 4.30. The van der Waals surface area contributed by atoms with Crippen LogP contribution in [0.15, 0.2) is 12.1 Å². The highest BCUT2D eigenvalue weighted by atomic mass is 32.1. The summed E-state index contributed by atoms with van der Waals surface area (Å²) in [5.41, 5.74) is 0.399. The van der Waals surface area contributed by atoms with Gasteiger partial charge in [0.15, 0.2) is 5.82 Å². The number of likely N-dealkylation sites (N-methyl/N-ethyl adjacent to an activating group) is 1. The summed E-state index contributed by atoms with van der Waals surface area (Å²) in [5.74, 6) is -1.25. The molecule has 2 saturated heterocycles. The van der Waals surface area contributed by atoms with Crippen LogP contribution in [0, 0.1) is 12.7 Å². The second-order valence-electron chi connectivity index (χ2n) is 5.88. The van der Waals surface area contributed by atoms with Crippen LogP contribution in [-0.2, 0) is 9.59 Å². The lowest BCUT2D eigenvalue weighted by atomic mass is 10.2. The zero-order chi connectivity index (χ0) is 17.2. The second kappa shape index (κ2) is 4.97. The maximum atomic E-state index is 14.3. The van der Waals surface area contributed by atoms with Crippen LogP contribution in [0.1, 0.15) is 5.01 Å². The Labute approximate surface area is 140 Å². The number of anilines is 1. The van der Waals surface area contributed by atoms with Gasteiger partial charge in [-0.15, -0.1) is 11.3 Å². The molecule has 4 amide bonds. The molecule has 3 heterocycles. The van der Waals surface area contributed by atoms with E-state index in [0.29, 0.717) is 9.71 Å². The number of amides is 4. The van der Waals surface area contributed by atoms with Gasteiger partial charge in [0, 0.05) is 19.7 Å². The number of fused-ring (bicyclic) bond motifs is 2. The van der Waals surface area contributed by atoms with Gasteiger partial charge < -0.3 is 9.80 Å². The molecule has 0 saturated carbocycles. The zero-order valence-corrected chi connectivity index (χ0v) is 13.8. The van der Waals surface area contributed by atoms with E-state index in [-0.39, 0.29) is 30.2 Å². The van der Waals surface area contributed by atoms with Gasteiger partial charge in [-0.05, 0) is 13.0 Å². The van der Waals surface area contributed by atoms with E-state index in [2.05, 4.69) is 4.98 Å². The summed E-state index contributed by atoms with van der Waals surface area (Å²) in [7, 11) is 1.59. The molecular formula is C15H13FN4O3S. The molecule has 4 rings (SSSR count). The van der Waals surface area contributed by atoms with Crippen molar-refractivity contribution in [3.8, 4) is 0 Å². The number of nitrogens with zero attached hydrogens (tertiary/aromatic N) is 4. The third-order valence-corrected chi connectivity index (χ3v) is 5.21. The maximum absolute atomic E-state index is 14.3. The van der Waals surface area contributed by atoms with Crippen molar-refractivity contribution in [2.75, 3.05) is 25.0 Å². The number of carbonyl (C=O) groups excluding carboxylic acids is 3. The number of benzene rings is 1. The molecule has 2 aliphatic heterocycles. The number of thiazole rings is 1. The lowest BCUT2D eigenvalue weighted by Crippen LogP contribution is -2.54. The van der Waals surface area contributed by atoms with Crippen LogP contribution in [0.3, 0.4) is 0 Å². The van der Waals surface area contributed by atoms with Gasteiger partial charge in [-0.25, -0.2) is 19.1 Å². The minimum atomic E-state index is -0.720. The van der Waals surface area contributed by atoms with E-state index < -0.39 is 23.8 Å². The molecule has 0 bridgehead atoms. The number of piperazine rings is 1. The van der Waals surface area contributed by atoms with E-state index in [1.165, 1.54) is 21.1 Å². The molecule has 0 aliphatic carbocycles. The number of halogens is 1. The van der Waals surface area contributed by atoms with Crippen LogP contribution in [0.4, 0.5) is 14.9 Å². The molecule has 1 unspecified atom stereocenters. The van der Waals surface area contributed by atoms with Crippen molar-refractivity contribution in [2.45, 2.75) is 13.0 Å². The van der Waals surface area contributed by atoms with Gasteiger partial charge >= 0.3 is 6.03 Å². The third kappa shape index (κ3) is 2.01. The first kappa shape index (κ1) is 15.0. The van der Waals surface area contributed by atoms with Gasteiger partial charge in [0.2, 0.25) is 5.91 Å². The monoisotopic (exact) mass is 348 g/mol. The number of hydrogen-bond acceptors (Lipinski definition) is 5. The Morgan fingerprint density at radius 3 is 2.79 bits per heavy atom. The van der Waals surface area contributed by atoms with Gasteiger partial charge in [0.1, 0.15) is 18.1 Å². The van der Waals surface area contributed by atoms with Gasteiger partial charge in [0.25, 0.3) is 5.91 Å². The summed E-state index contributed by atoms with van der Waals surface area (Å²) in [5, 5.41) is 0.699. The van der Waals surface area contributed by atoms with Crippen molar-refractivity contribution >= 4 is 45.1 Å². The van der Waals surface area contributed by atoms with E-state index >= 15 is 0 Å². The minimum Gasteiger partial charge on any atom is -0.342 e. The van der Waals surface area contributed by atoms with E-state index in [1.807, 2.05) is 0 Å². The van der Waals surface area contributed by atoms with Gasteiger partial charge in [0.05, 0.1) is 15.4 Å². The van der Waals surface area contributed by atoms with Gasteiger partial charge in [-0.2, -0.15) is 0 Å². The Bertz CT molecular complexity index is 912. The Morgan fingerprint density at radius 1 is 1.29 bits per heavy atom. The van der Waals surface area contributed by atoms with Crippen LogP contribution in [0.25, 0.3) is 10.2 Å². The Morgan fingerprint density at radius 2 is 2.04 bits per heavy atom.